The fourth-order valence-corrected chi connectivity index (χ4v) is 2.96. The van der Waals surface area contributed by atoms with Crippen LogP contribution in [0.25, 0.3) is 0 Å². The Morgan fingerprint density at radius 1 is 1.14 bits per heavy atom. The molecule has 1 heterocycles. The van der Waals surface area contributed by atoms with Gasteiger partial charge in [0.05, 0.1) is 38.6 Å². The molecule has 0 aromatic heterocycles. The van der Waals surface area contributed by atoms with Crippen molar-refractivity contribution in [1.82, 2.24) is 9.32 Å². The highest BCUT2D eigenvalue weighted by atomic mass is 35.5. The standard InChI is InChI=1S/C14H27ClN2O4S/c1-14(2)12-16(13(18)17(14)15)4-10-22-11-9-21-8-7-20-6-5-19-3/h4-12H2,1-3H3. The van der Waals surface area contributed by atoms with Crippen molar-refractivity contribution in [1.29, 1.82) is 0 Å². The first kappa shape index (κ1) is 19.8. The average molecular weight is 355 g/mol. The molecule has 0 unspecified atom stereocenters. The highest BCUT2D eigenvalue weighted by Crippen LogP contribution is 2.27. The Hall–Kier alpha value is -0.210. The van der Waals surface area contributed by atoms with Gasteiger partial charge in [-0.2, -0.15) is 11.8 Å². The summed E-state index contributed by atoms with van der Waals surface area (Å²) in [5, 5.41) is 0. The number of nitrogens with zero attached hydrogens (tertiary/aromatic N) is 2. The van der Waals surface area contributed by atoms with Crippen LogP contribution in [0.4, 0.5) is 4.79 Å². The molecule has 1 aliphatic heterocycles. The molecule has 0 saturated carbocycles. The van der Waals surface area contributed by atoms with Crippen LogP contribution in [0.2, 0.25) is 0 Å². The summed E-state index contributed by atoms with van der Waals surface area (Å²) in [4.78, 5) is 13.7. The van der Waals surface area contributed by atoms with Crippen molar-refractivity contribution in [3.05, 3.63) is 0 Å². The second-order valence-electron chi connectivity index (χ2n) is 5.63. The lowest BCUT2D eigenvalue weighted by Gasteiger charge is -2.21. The van der Waals surface area contributed by atoms with Gasteiger partial charge < -0.3 is 19.1 Å². The van der Waals surface area contributed by atoms with Gasteiger partial charge in [0.2, 0.25) is 0 Å². The smallest absolute Gasteiger partial charge is 0.335 e. The summed E-state index contributed by atoms with van der Waals surface area (Å²) < 4.78 is 16.9. The first-order valence-electron chi connectivity index (χ1n) is 7.46. The van der Waals surface area contributed by atoms with E-state index >= 15 is 0 Å². The van der Waals surface area contributed by atoms with Gasteiger partial charge in [-0.05, 0) is 13.8 Å². The number of halogens is 1. The van der Waals surface area contributed by atoms with Crippen LogP contribution in [-0.2, 0) is 14.2 Å². The topological polar surface area (TPSA) is 51.2 Å². The van der Waals surface area contributed by atoms with Crippen LogP contribution in [-0.4, -0.2) is 85.6 Å². The number of carbonyl (C=O) groups excluding carboxylic acids is 1. The molecule has 0 radical (unpaired) electrons. The Bertz CT molecular complexity index is 334. The summed E-state index contributed by atoms with van der Waals surface area (Å²) in [6.07, 6.45) is 0. The molecule has 6 nitrogen and oxygen atoms in total. The summed E-state index contributed by atoms with van der Waals surface area (Å²) in [5.41, 5.74) is -0.296. The Kier molecular flexibility index (Phi) is 9.51. The number of methoxy groups -OCH3 is 1. The van der Waals surface area contributed by atoms with Crippen molar-refractivity contribution in [2.75, 3.05) is 64.7 Å². The van der Waals surface area contributed by atoms with Crippen LogP contribution in [0.3, 0.4) is 0 Å². The number of hydrogen-bond acceptors (Lipinski definition) is 5. The largest absolute Gasteiger partial charge is 0.382 e. The molecule has 0 spiro atoms. The first-order chi connectivity index (χ1) is 10.5. The predicted octanol–water partition coefficient (Wildman–Crippen LogP) is 2.07. The van der Waals surface area contributed by atoms with Crippen LogP contribution >= 0.6 is 23.5 Å². The summed E-state index contributed by atoms with van der Waals surface area (Å²) >= 11 is 7.76. The van der Waals surface area contributed by atoms with Gasteiger partial charge in [-0.15, -0.1) is 0 Å². The van der Waals surface area contributed by atoms with Gasteiger partial charge in [0, 0.05) is 43.5 Å². The lowest BCUT2D eigenvalue weighted by Crippen LogP contribution is -2.34. The third-order valence-electron chi connectivity index (χ3n) is 3.23. The average Bonchev–Trinajstić information content (AvgIpc) is 2.68. The molecule has 1 fully saturated rings. The highest BCUT2D eigenvalue weighted by Gasteiger charge is 2.42. The number of amides is 2. The second kappa shape index (κ2) is 10.5. The Morgan fingerprint density at radius 2 is 1.77 bits per heavy atom. The van der Waals surface area contributed by atoms with Crippen LogP contribution in [0.15, 0.2) is 0 Å². The minimum absolute atomic E-state index is 0.100. The van der Waals surface area contributed by atoms with Crippen molar-refractivity contribution in [3.8, 4) is 0 Å². The molecule has 0 aliphatic carbocycles. The van der Waals surface area contributed by atoms with Crippen LogP contribution in [0.5, 0.6) is 0 Å². The van der Waals surface area contributed by atoms with Crippen molar-refractivity contribution < 1.29 is 19.0 Å². The maximum absolute atomic E-state index is 11.9. The van der Waals surface area contributed by atoms with Gasteiger partial charge in [-0.1, -0.05) is 0 Å². The minimum atomic E-state index is -0.296. The monoisotopic (exact) mass is 354 g/mol. The van der Waals surface area contributed by atoms with E-state index in [1.165, 1.54) is 4.42 Å². The Labute approximate surface area is 142 Å². The van der Waals surface area contributed by atoms with E-state index < -0.39 is 0 Å². The Morgan fingerprint density at radius 3 is 2.36 bits per heavy atom. The van der Waals surface area contributed by atoms with E-state index in [0.29, 0.717) is 39.6 Å². The van der Waals surface area contributed by atoms with E-state index in [-0.39, 0.29) is 11.6 Å². The van der Waals surface area contributed by atoms with E-state index in [2.05, 4.69) is 0 Å². The van der Waals surface area contributed by atoms with E-state index in [0.717, 1.165) is 18.1 Å². The second-order valence-corrected chi connectivity index (χ2v) is 7.19. The zero-order chi connectivity index (χ0) is 16.4. The quantitative estimate of drug-likeness (QED) is 0.396. The van der Waals surface area contributed by atoms with Gasteiger partial charge in [0.1, 0.15) is 0 Å². The number of hydrogen-bond donors (Lipinski definition) is 0. The molecule has 1 rings (SSSR count). The molecule has 0 aromatic carbocycles. The van der Waals surface area contributed by atoms with Gasteiger partial charge in [-0.3, -0.25) is 0 Å². The van der Waals surface area contributed by atoms with Crippen LogP contribution in [0.1, 0.15) is 13.8 Å². The normalized spacial score (nSPS) is 17.5. The molecule has 0 atom stereocenters. The molecule has 1 saturated heterocycles. The number of carbonyl (C=O) groups is 1. The predicted molar refractivity (Wildman–Crippen MR) is 89.6 cm³/mol. The molecule has 22 heavy (non-hydrogen) atoms. The van der Waals surface area contributed by atoms with Gasteiger partial charge in [-0.25, -0.2) is 9.21 Å². The van der Waals surface area contributed by atoms with Crippen LogP contribution < -0.4 is 0 Å². The SMILES string of the molecule is COCCOCCOCCSCCN1CC(C)(C)N(Cl)C1=O. The molecule has 1 aliphatic rings. The molecular formula is C14H27ClN2O4S. The third-order valence-corrected chi connectivity index (χ3v) is 4.76. The maximum Gasteiger partial charge on any atom is 0.335 e. The summed E-state index contributed by atoms with van der Waals surface area (Å²) in [6.45, 7) is 8.43. The number of urea groups is 1. The lowest BCUT2D eigenvalue weighted by molar-refractivity contribution is 0.0286. The lowest BCUT2D eigenvalue weighted by atomic mass is 10.1. The zero-order valence-electron chi connectivity index (χ0n) is 13.7. The maximum atomic E-state index is 11.9. The number of thioether (sulfide) groups is 1. The van der Waals surface area contributed by atoms with Gasteiger partial charge in [0.25, 0.3) is 0 Å². The number of ether oxygens (including phenoxy) is 3. The molecule has 130 valence electrons. The fraction of sp³-hybridized carbons (Fsp3) is 0.929. The minimum Gasteiger partial charge on any atom is -0.382 e. The van der Waals surface area contributed by atoms with E-state index in [9.17, 15) is 4.79 Å². The summed E-state index contributed by atoms with van der Waals surface area (Å²) in [5.74, 6) is 1.80. The van der Waals surface area contributed by atoms with Crippen LogP contribution in [0, 0.1) is 0 Å². The summed E-state index contributed by atoms with van der Waals surface area (Å²) in [7, 11) is 1.65. The molecule has 0 bridgehead atoms. The van der Waals surface area contributed by atoms with E-state index in [1.54, 1.807) is 23.8 Å². The molecule has 0 aromatic rings. The fourth-order valence-electron chi connectivity index (χ4n) is 2.01. The van der Waals surface area contributed by atoms with E-state index in [4.69, 9.17) is 26.0 Å². The highest BCUT2D eigenvalue weighted by molar-refractivity contribution is 7.99. The number of rotatable bonds is 12. The van der Waals surface area contributed by atoms with Crippen molar-refractivity contribution in [2.45, 2.75) is 19.4 Å². The van der Waals surface area contributed by atoms with E-state index in [1.807, 2.05) is 13.8 Å². The first-order valence-corrected chi connectivity index (χ1v) is 8.95. The van der Waals surface area contributed by atoms with Crippen molar-refractivity contribution >= 4 is 29.6 Å². The molecule has 0 N–H and O–H groups in total. The van der Waals surface area contributed by atoms with Gasteiger partial charge >= 0.3 is 6.03 Å². The van der Waals surface area contributed by atoms with Gasteiger partial charge in [0.15, 0.2) is 0 Å². The molecule has 2 amide bonds. The molecule has 8 heteroatoms. The molecular weight excluding hydrogens is 328 g/mol. The van der Waals surface area contributed by atoms with Crippen molar-refractivity contribution in [3.63, 3.8) is 0 Å². The van der Waals surface area contributed by atoms with Crippen molar-refractivity contribution in [2.24, 2.45) is 0 Å². The Balaban J connectivity index is 1.93. The third kappa shape index (κ3) is 6.91. The zero-order valence-corrected chi connectivity index (χ0v) is 15.3. The summed E-state index contributed by atoms with van der Waals surface area (Å²) in [6, 6.07) is -0.100.